The lowest BCUT2D eigenvalue weighted by Crippen LogP contribution is -2.34. The Balaban J connectivity index is 0. The molecule has 2 N–H and O–H groups in total. The van der Waals surface area contributed by atoms with Gasteiger partial charge in [-0.25, -0.2) is 4.79 Å². The molecule has 0 heterocycles. The van der Waals surface area contributed by atoms with Gasteiger partial charge in [-0.3, -0.25) is 0 Å². The summed E-state index contributed by atoms with van der Waals surface area (Å²) in [6, 6.07) is -0.164. The van der Waals surface area contributed by atoms with Gasteiger partial charge < -0.3 is 10.6 Å². The molecule has 0 aromatic carbocycles. The van der Waals surface area contributed by atoms with Crippen molar-refractivity contribution in [3.05, 3.63) is 0 Å². The molecule has 2 amide bonds. The Morgan fingerprint density at radius 3 is 2.20 bits per heavy atom. The minimum absolute atomic E-state index is 0.164. The number of carbonyl (C=O) groups excluding carboxylic acids is 1. The fourth-order valence-electron chi connectivity index (χ4n) is 0.295. The Morgan fingerprint density at radius 1 is 1.40 bits per heavy atom. The Kier molecular flexibility index (Phi) is 14.1. The van der Waals surface area contributed by atoms with Gasteiger partial charge in [-0.2, -0.15) is 12.6 Å². The number of hydrogen-bond donors (Lipinski definition) is 3. The van der Waals surface area contributed by atoms with E-state index < -0.39 is 0 Å². The van der Waals surface area contributed by atoms with Crippen molar-refractivity contribution in [2.24, 2.45) is 0 Å². The zero-order valence-corrected chi connectivity index (χ0v) is 7.66. The van der Waals surface area contributed by atoms with Crippen LogP contribution in [0.2, 0.25) is 0 Å². The molecule has 0 unspecified atom stereocenters. The van der Waals surface area contributed by atoms with Crippen LogP contribution in [0.15, 0.2) is 0 Å². The highest BCUT2D eigenvalue weighted by Crippen LogP contribution is 1.65. The van der Waals surface area contributed by atoms with Gasteiger partial charge in [-0.15, -0.1) is 0 Å². The number of hydrogen-bond acceptors (Lipinski definition) is 2. The number of urea groups is 1. The van der Waals surface area contributed by atoms with Crippen molar-refractivity contribution in [1.29, 1.82) is 0 Å². The number of nitrogens with one attached hydrogen (secondary N) is 2. The normalized spacial score (nSPS) is 7.20. The molecule has 0 bridgehead atoms. The molecular weight excluding hydrogens is 148 g/mol. The summed E-state index contributed by atoms with van der Waals surface area (Å²) in [4.78, 5) is 10.4. The topological polar surface area (TPSA) is 41.1 Å². The first-order chi connectivity index (χ1) is 4.81. The van der Waals surface area contributed by atoms with E-state index in [1.54, 1.807) is 0 Å². The van der Waals surface area contributed by atoms with Crippen molar-refractivity contribution in [3.8, 4) is 0 Å². The molecule has 0 atom stereocenters. The molecule has 4 heteroatoms. The first-order valence-corrected chi connectivity index (χ1v) is 4.07. The highest BCUT2D eigenvalue weighted by molar-refractivity contribution is 7.80. The number of thiol groups is 1. The lowest BCUT2D eigenvalue weighted by atomic mass is 10.7. The van der Waals surface area contributed by atoms with Crippen molar-refractivity contribution in [2.45, 2.75) is 20.8 Å². The van der Waals surface area contributed by atoms with Crippen molar-refractivity contribution in [2.75, 3.05) is 12.4 Å². The largest absolute Gasteiger partial charge is 0.338 e. The number of carbonyl (C=O) groups is 1. The monoisotopic (exact) mass is 164 g/mol. The van der Waals surface area contributed by atoms with Crippen LogP contribution in [0.4, 0.5) is 4.79 Å². The predicted molar refractivity (Wildman–Crippen MR) is 47.4 cm³/mol. The summed E-state index contributed by atoms with van der Waals surface area (Å²) >= 11 is 3.78. The maximum Gasteiger partial charge on any atom is 0.315 e. The van der Waals surface area contributed by atoms with Gasteiger partial charge in [-0.05, 0) is 6.92 Å². The molecule has 0 aromatic rings. The van der Waals surface area contributed by atoms with Gasteiger partial charge in [0.1, 0.15) is 0 Å². The molecule has 62 valence electrons. The summed E-state index contributed by atoms with van der Waals surface area (Å²) in [6.45, 7) is 6.51. The van der Waals surface area contributed by atoms with Crippen LogP contribution in [0.5, 0.6) is 0 Å². The van der Waals surface area contributed by atoms with Gasteiger partial charge >= 0.3 is 6.03 Å². The van der Waals surface area contributed by atoms with E-state index in [9.17, 15) is 4.79 Å². The number of rotatable bonds is 2. The molecular formula is C6H16N2OS. The SMILES string of the molecule is CC.CCNC(=O)NCS. The predicted octanol–water partition coefficient (Wildman–Crippen LogP) is 1.22. The average Bonchev–Trinajstić information content (AvgIpc) is 1.93. The smallest absolute Gasteiger partial charge is 0.315 e. The third-order valence-corrected chi connectivity index (χ3v) is 0.735. The van der Waals surface area contributed by atoms with Crippen LogP contribution < -0.4 is 10.6 Å². The van der Waals surface area contributed by atoms with E-state index in [-0.39, 0.29) is 6.03 Å². The molecule has 0 aliphatic carbocycles. The minimum Gasteiger partial charge on any atom is -0.338 e. The second-order valence-electron chi connectivity index (χ2n) is 1.19. The van der Waals surface area contributed by atoms with Crippen LogP contribution in [0.25, 0.3) is 0 Å². The molecule has 10 heavy (non-hydrogen) atoms. The van der Waals surface area contributed by atoms with E-state index in [2.05, 4.69) is 23.3 Å². The van der Waals surface area contributed by atoms with Crippen molar-refractivity contribution < 1.29 is 4.79 Å². The van der Waals surface area contributed by atoms with E-state index in [4.69, 9.17) is 0 Å². The highest BCUT2D eigenvalue weighted by Gasteiger charge is 1.90. The van der Waals surface area contributed by atoms with E-state index in [0.717, 1.165) is 0 Å². The highest BCUT2D eigenvalue weighted by atomic mass is 32.1. The first kappa shape index (κ1) is 12.3. The van der Waals surface area contributed by atoms with E-state index in [1.807, 2.05) is 20.8 Å². The summed E-state index contributed by atoms with van der Waals surface area (Å²) in [5.74, 6) is 0.381. The standard InChI is InChI=1S/C4H10N2OS.C2H6/c1-2-5-4(7)6-3-8;1-2/h8H,2-3H2,1H3,(H2,5,6,7);1-2H3. The maximum absolute atomic E-state index is 10.4. The van der Waals surface area contributed by atoms with Gasteiger partial charge in [0.15, 0.2) is 0 Å². The lowest BCUT2D eigenvalue weighted by molar-refractivity contribution is 0.243. The molecule has 0 spiro atoms. The van der Waals surface area contributed by atoms with Crippen molar-refractivity contribution in [1.82, 2.24) is 10.6 Å². The molecule has 0 radical (unpaired) electrons. The van der Waals surface area contributed by atoms with Crippen molar-refractivity contribution >= 4 is 18.7 Å². The van der Waals surface area contributed by atoms with Gasteiger partial charge in [0.25, 0.3) is 0 Å². The average molecular weight is 164 g/mol. The van der Waals surface area contributed by atoms with Crippen LogP contribution in [-0.4, -0.2) is 18.5 Å². The van der Waals surface area contributed by atoms with Crippen LogP contribution in [0, 0.1) is 0 Å². The summed E-state index contributed by atoms with van der Waals surface area (Å²) in [5.41, 5.74) is 0. The van der Waals surface area contributed by atoms with Gasteiger partial charge in [0, 0.05) is 6.54 Å². The van der Waals surface area contributed by atoms with Gasteiger partial charge in [0.2, 0.25) is 0 Å². The van der Waals surface area contributed by atoms with Crippen LogP contribution in [0.3, 0.4) is 0 Å². The number of amides is 2. The fraction of sp³-hybridized carbons (Fsp3) is 0.833. The second-order valence-corrected chi connectivity index (χ2v) is 1.51. The van der Waals surface area contributed by atoms with Crippen LogP contribution >= 0.6 is 12.6 Å². The molecule has 0 saturated heterocycles. The van der Waals surface area contributed by atoms with Gasteiger partial charge in [-0.1, -0.05) is 13.8 Å². The maximum atomic E-state index is 10.4. The molecule has 0 rings (SSSR count). The molecule has 0 aliphatic rings. The Bertz CT molecular complexity index is 70.1. The summed E-state index contributed by atoms with van der Waals surface area (Å²) in [7, 11) is 0. The zero-order valence-electron chi connectivity index (χ0n) is 6.77. The minimum atomic E-state index is -0.164. The third-order valence-electron chi connectivity index (χ3n) is 0.577. The molecule has 3 nitrogen and oxygen atoms in total. The molecule has 0 saturated carbocycles. The Labute approximate surface area is 68.0 Å². The summed E-state index contributed by atoms with van der Waals surface area (Å²) in [5, 5.41) is 5.01. The summed E-state index contributed by atoms with van der Waals surface area (Å²) in [6.07, 6.45) is 0. The molecule has 0 aliphatic heterocycles. The van der Waals surface area contributed by atoms with E-state index in [0.29, 0.717) is 12.4 Å². The lowest BCUT2D eigenvalue weighted by Gasteiger charge is -1.99. The van der Waals surface area contributed by atoms with Crippen molar-refractivity contribution in [3.63, 3.8) is 0 Å². The Morgan fingerprint density at radius 2 is 1.90 bits per heavy atom. The Hall–Kier alpha value is -0.380. The van der Waals surface area contributed by atoms with Crippen LogP contribution in [0.1, 0.15) is 20.8 Å². The first-order valence-electron chi connectivity index (χ1n) is 3.43. The zero-order chi connectivity index (χ0) is 8.41. The third kappa shape index (κ3) is 10.6. The fourth-order valence-corrected chi connectivity index (χ4v) is 0.438. The van der Waals surface area contributed by atoms with E-state index >= 15 is 0 Å². The van der Waals surface area contributed by atoms with E-state index in [1.165, 1.54) is 0 Å². The molecule has 0 fully saturated rings. The second kappa shape index (κ2) is 11.4. The summed E-state index contributed by atoms with van der Waals surface area (Å²) < 4.78 is 0. The molecule has 0 aromatic heterocycles. The quantitative estimate of drug-likeness (QED) is 0.417. The van der Waals surface area contributed by atoms with Crippen LogP contribution in [-0.2, 0) is 0 Å². The van der Waals surface area contributed by atoms with Gasteiger partial charge in [0.05, 0.1) is 5.88 Å².